The van der Waals surface area contributed by atoms with Crippen molar-refractivity contribution in [3.8, 4) is 0 Å². The Morgan fingerprint density at radius 2 is 1.81 bits per heavy atom. The Bertz CT molecular complexity index is 548. The summed E-state index contributed by atoms with van der Waals surface area (Å²) in [5.41, 5.74) is 0.134. The zero-order valence-electron chi connectivity index (χ0n) is 11.8. The molecule has 0 aliphatic heterocycles. The third-order valence-electron chi connectivity index (χ3n) is 4.14. The van der Waals surface area contributed by atoms with E-state index in [0.29, 0.717) is 25.8 Å². The van der Waals surface area contributed by atoms with Crippen molar-refractivity contribution < 1.29 is 14.0 Å². The van der Waals surface area contributed by atoms with Crippen molar-refractivity contribution in [3.63, 3.8) is 0 Å². The first-order valence-corrected chi connectivity index (χ1v) is 7.44. The molecule has 2 amide bonds. The number of nitrogens with one attached hydrogen (secondary N) is 2. The highest BCUT2D eigenvalue weighted by Gasteiger charge is 2.57. The van der Waals surface area contributed by atoms with Gasteiger partial charge in [-0.15, -0.1) is 0 Å². The fourth-order valence-electron chi connectivity index (χ4n) is 2.37. The van der Waals surface area contributed by atoms with Crippen LogP contribution in [0, 0.1) is 11.2 Å². The smallest absolute Gasteiger partial charge is 0.235 e. The molecule has 2 aliphatic rings. The first-order chi connectivity index (χ1) is 10.1. The number of amides is 2. The van der Waals surface area contributed by atoms with Crippen LogP contribution in [0.5, 0.6) is 0 Å². The lowest BCUT2D eigenvalue weighted by Crippen LogP contribution is -2.44. The predicted octanol–water partition coefficient (Wildman–Crippen LogP) is 1.54. The number of hydrogen-bond donors (Lipinski definition) is 2. The van der Waals surface area contributed by atoms with Gasteiger partial charge in [-0.3, -0.25) is 9.59 Å². The third-order valence-corrected chi connectivity index (χ3v) is 4.14. The van der Waals surface area contributed by atoms with Crippen LogP contribution in [0.2, 0.25) is 0 Å². The molecule has 1 aromatic rings. The van der Waals surface area contributed by atoms with Crippen LogP contribution in [0.3, 0.4) is 0 Å². The number of carbonyl (C=O) groups is 2. The van der Waals surface area contributed by atoms with Crippen LogP contribution in [-0.2, 0) is 16.0 Å². The molecule has 0 saturated heterocycles. The average molecular weight is 290 g/mol. The second-order valence-corrected chi connectivity index (χ2v) is 5.96. The average Bonchev–Trinajstić information content (AvgIpc) is 3.35. The molecule has 4 nitrogen and oxygen atoms in total. The largest absolute Gasteiger partial charge is 0.355 e. The molecule has 0 heterocycles. The molecule has 1 aromatic carbocycles. The molecule has 0 unspecified atom stereocenters. The van der Waals surface area contributed by atoms with Crippen LogP contribution in [-0.4, -0.2) is 24.4 Å². The van der Waals surface area contributed by atoms with E-state index in [1.165, 1.54) is 12.1 Å². The van der Waals surface area contributed by atoms with Crippen LogP contribution in [0.15, 0.2) is 24.3 Å². The third kappa shape index (κ3) is 3.23. The molecule has 112 valence electrons. The van der Waals surface area contributed by atoms with Gasteiger partial charge in [-0.2, -0.15) is 0 Å². The Labute approximate surface area is 123 Å². The monoisotopic (exact) mass is 290 g/mol. The second kappa shape index (κ2) is 5.47. The normalized spacial score (nSPS) is 18.9. The van der Waals surface area contributed by atoms with E-state index in [1.54, 1.807) is 12.1 Å². The van der Waals surface area contributed by atoms with Gasteiger partial charge in [0, 0.05) is 12.6 Å². The van der Waals surface area contributed by atoms with Crippen molar-refractivity contribution in [1.29, 1.82) is 0 Å². The van der Waals surface area contributed by atoms with Gasteiger partial charge in [-0.1, -0.05) is 12.1 Å². The van der Waals surface area contributed by atoms with Crippen LogP contribution < -0.4 is 10.6 Å². The fraction of sp³-hybridized carbons (Fsp3) is 0.500. The molecule has 0 spiro atoms. The van der Waals surface area contributed by atoms with E-state index in [4.69, 9.17) is 0 Å². The van der Waals surface area contributed by atoms with Gasteiger partial charge in [0.25, 0.3) is 0 Å². The molecule has 21 heavy (non-hydrogen) atoms. The zero-order valence-corrected chi connectivity index (χ0v) is 11.8. The summed E-state index contributed by atoms with van der Waals surface area (Å²) in [6.07, 6.45) is 3.94. The molecule has 0 atom stereocenters. The minimum atomic E-state index is -0.828. The van der Waals surface area contributed by atoms with Gasteiger partial charge in [0.15, 0.2) is 0 Å². The first kappa shape index (κ1) is 14.0. The minimum Gasteiger partial charge on any atom is -0.355 e. The van der Waals surface area contributed by atoms with E-state index < -0.39 is 5.41 Å². The first-order valence-electron chi connectivity index (χ1n) is 7.44. The van der Waals surface area contributed by atoms with Crippen molar-refractivity contribution in [3.05, 3.63) is 35.6 Å². The van der Waals surface area contributed by atoms with Gasteiger partial charge < -0.3 is 10.6 Å². The van der Waals surface area contributed by atoms with E-state index in [1.807, 2.05) is 0 Å². The summed E-state index contributed by atoms with van der Waals surface area (Å²) in [7, 11) is 0. The summed E-state index contributed by atoms with van der Waals surface area (Å²) >= 11 is 0. The van der Waals surface area contributed by atoms with Gasteiger partial charge >= 0.3 is 0 Å². The molecule has 5 heteroatoms. The fourth-order valence-corrected chi connectivity index (χ4v) is 2.37. The number of hydrogen-bond acceptors (Lipinski definition) is 2. The highest BCUT2D eigenvalue weighted by molar-refractivity contribution is 6.08. The van der Waals surface area contributed by atoms with E-state index in [2.05, 4.69) is 10.6 Å². The summed E-state index contributed by atoms with van der Waals surface area (Å²) < 4.78 is 12.8. The van der Waals surface area contributed by atoms with E-state index >= 15 is 0 Å². The molecular formula is C16H19FN2O2. The van der Waals surface area contributed by atoms with Gasteiger partial charge in [0.2, 0.25) is 11.8 Å². The number of rotatable bonds is 6. The lowest BCUT2D eigenvalue weighted by atomic mass is 10.0. The summed E-state index contributed by atoms with van der Waals surface area (Å²) in [4.78, 5) is 24.3. The molecule has 0 bridgehead atoms. The summed E-state index contributed by atoms with van der Waals surface area (Å²) in [6, 6.07) is 6.50. The molecular weight excluding hydrogens is 271 g/mol. The molecule has 2 fully saturated rings. The van der Waals surface area contributed by atoms with Gasteiger partial charge in [0.05, 0.1) is 0 Å². The highest BCUT2D eigenvalue weighted by atomic mass is 19.1. The Morgan fingerprint density at radius 1 is 1.14 bits per heavy atom. The Morgan fingerprint density at radius 3 is 2.38 bits per heavy atom. The van der Waals surface area contributed by atoms with Crippen molar-refractivity contribution in [1.82, 2.24) is 10.6 Å². The molecule has 0 aromatic heterocycles. The Hall–Kier alpha value is -1.91. The van der Waals surface area contributed by atoms with Crippen LogP contribution in [0.25, 0.3) is 0 Å². The Balaban J connectivity index is 1.47. The lowest BCUT2D eigenvalue weighted by molar-refractivity contribution is -0.137. The van der Waals surface area contributed by atoms with E-state index in [0.717, 1.165) is 18.4 Å². The van der Waals surface area contributed by atoms with E-state index in [9.17, 15) is 14.0 Å². The summed E-state index contributed by atoms with van der Waals surface area (Å²) in [5.74, 6) is -0.566. The maximum atomic E-state index is 12.8. The SMILES string of the molecule is O=C(NCCc1ccc(F)cc1)C1(C(=O)NC2CC2)CC1. The molecule has 0 radical (unpaired) electrons. The lowest BCUT2D eigenvalue weighted by Gasteiger charge is -2.15. The maximum Gasteiger partial charge on any atom is 0.235 e. The molecule has 3 rings (SSSR count). The standard InChI is InChI=1S/C16H19FN2O2/c17-12-3-1-11(2-4-12)7-10-18-14(20)16(8-9-16)15(21)19-13-5-6-13/h1-4,13H,5-10H2,(H,18,20)(H,19,21). The topological polar surface area (TPSA) is 58.2 Å². The molecule has 2 saturated carbocycles. The summed E-state index contributed by atoms with van der Waals surface area (Å²) in [5, 5.41) is 5.74. The summed E-state index contributed by atoms with van der Waals surface area (Å²) in [6.45, 7) is 0.461. The Kier molecular flexibility index (Phi) is 3.66. The zero-order chi connectivity index (χ0) is 14.9. The number of halogens is 1. The van der Waals surface area contributed by atoms with Gasteiger partial charge in [0.1, 0.15) is 11.2 Å². The molecule has 2 aliphatic carbocycles. The van der Waals surface area contributed by atoms with Crippen LogP contribution >= 0.6 is 0 Å². The van der Waals surface area contributed by atoms with Crippen LogP contribution in [0.4, 0.5) is 4.39 Å². The van der Waals surface area contributed by atoms with Crippen molar-refractivity contribution in [2.75, 3.05) is 6.54 Å². The second-order valence-electron chi connectivity index (χ2n) is 5.96. The maximum absolute atomic E-state index is 12.8. The van der Waals surface area contributed by atoms with Gasteiger partial charge in [-0.25, -0.2) is 4.39 Å². The predicted molar refractivity (Wildman–Crippen MR) is 75.9 cm³/mol. The van der Waals surface area contributed by atoms with Crippen molar-refractivity contribution in [2.45, 2.75) is 38.1 Å². The van der Waals surface area contributed by atoms with Gasteiger partial charge in [-0.05, 0) is 49.8 Å². The quantitative estimate of drug-likeness (QED) is 0.781. The van der Waals surface area contributed by atoms with E-state index in [-0.39, 0.29) is 23.7 Å². The van der Waals surface area contributed by atoms with Crippen molar-refractivity contribution >= 4 is 11.8 Å². The van der Waals surface area contributed by atoms with Crippen LogP contribution in [0.1, 0.15) is 31.2 Å². The number of carbonyl (C=O) groups excluding carboxylic acids is 2. The molecule has 2 N–H and O–H groups in total. The highest BCUT2D eigenvalue weighted by Crippen LogP contribution is 2.46. The minimum absolute atomic E-state index is 0.121. The van der Waals surface area contributed by atoms with Crippen molar-refractivity contribution in [2.24, 2.45) is 5.41 Å². The number of benzene rings is 1.